The van der Waals surface area contributed by atoms with Gasteiger partial charge in [0.05, 0.1) is 0 Å². The van der Waals surface area contributed by atoms with Crippen molar-refractivity contribution in [2.24, 2.45) is 0 Å². The Morgan fingerprint density at radius 2 is 2.21 bits per heavy atom. The van der Waals surface area contributed by atoms with Crippen LogP contribution in [0.1, 0.15) is 35.6 Å². The summed E-state index contributed by atoms with van der Waals surface area (Å²) in [5.41, 5.74) is 10.9. The van der Waals surface area contributed by atoms with Gasteiger partial charge in [0.25, 0.3) is 0 Å². The predicted molar refractivity (Wildman–Crippen MR) is 78.0 cm³/mol. The molecular formula is C16H19N3. The number of hydrogen-bond acceptors (Lipinski definition) is 3. The standard InChI is InChI=1S/C16H19N3/c1-2-19-16(14-10-18-8-7-15(14)17)13-9-11-5-3-4-6-12(11)13/h3-8,10,13,16,19H,2,9H2,1H3,(H2,17,18). The SMILES string of the molecule is CCNC(c1cnccc1N)C1Cc2ccccc21. The summed E-state index contributed by atoms with van der Waals surface area (Å²) in [4.78, 5) is 4.23. The van der Waals surface area contributed by atoms with E-state index in [1.165, 1.54) is 11.1 Å². The highest BCUT2D eigenvalue weighted by atomic mass is 14.9. The lowest BCUT2D eigenvalue weighted by molar-refractivity contribution is 0.420. The fourth-order valence-corrected chi connectivity index (χ4v) is 2.96. The number of anilines is 1. The number of hydrogen-bond donors (Lipinski definition) is 2. The second-order valence-corrected chi connectivity index (χ2v) is 5.05. The molecule has 3 rings (SSSR count). The van der Waals surface area contributed by atoms with Gasteiger partial charge in [-0.3, -0.25) is 4.98 Å². The third kappa shape index (κ3) is 2.10. The topological polar surface area (TPSA) is 50.9 Å². The van der Waals surface area contributed by atoms with Crippen molar-refractivity contribution in [2.45, 2.75) is 25.3 Å². The maximum absolute atomic E-state index is 6.11. The lowest BCUT2D eigenvalue weighted by atomic mass is 9.71. The highest BCUT2D eigenvalue weighted by molar-refractivity contribution is 5.50. The number of aromatic nitrogens is 1. The van der Waals surface area contributed by atoms with Crippen LogP contribution in [-0.2, 0) is 6.42 Å². The molecule has 0 saturated heterocycles. The minimum absolute atomic E-state index is 0.258. The molecule has 0 saturated carbocycles. The van der Waals surface area contributed by atoms with Crippen molar-refractivity contribution in [3.63, 3.8) is 0 Å². The number of nitrogens with one attached hydrogen (secondary N) is 1. The molecule has 98 valence electrons. The van der Waals surface area contributed by atoms with Crippen molar-refractivity contribution in [2.75, 3.05) is 12.3 Å². The van der Waals surface area contributed by atoms with Crippen LogP contribution >= 0.6 is 0 Å². The number of benzene rings is 1. The first kappa shape index (κ1) is 12.2. The Morgan fingerprint density at radius 3 is 2.95 bits per heavy atom. The maximum Gasteiger partial charge on any atom is 0.0428 e. The van der Waals surface area contributed by atoms with Gasteiger partial charge in [0.15, 0.2) is 0 Å². The zero-order valence-electron chi connectivity index (χ0n) is 11.1. The van der Waals surface area contributed by atoms with Gasteiger partial charge in [-0.2, -0.15) is 0 Å². The molecule has 0 fully saturated rings. The molecule has 0 spiro atoms. The van der Waals surface area contributed by atoms with Crippen LogP contribution < -0.4 is 11.1 Å². The molecule has 1 heterocycles. The van der Waals surface area contributed by atoms with Crippen LogP contribution in [0.3, 0.4) is 0 Å². The first-order chi connectivity index (χ1) is 9.31. The minimum atomic E-state index is 0.258. The van der Waals surface area contributed by atoms with E-state index >= 15 is 0 Å². The molecule has 0 aliphatic heterocycles. The van der Waals surface area contributed by atoms with Crippen LogP contribution in [-0.4, -0.2) is 11.5 Å². The quantitative estimate of drug-likeness (QED) is 0.880. The van der Waals surface area contributed by atoms with Crippen molar-refractivity contribution in [1.82, 2.24) is 10.3 Å². The summed E-state index contributed by atoms with van der Waals surface area (Å²) < 4.78 is 0. The van der Waals surface area contributed by atoms with E-state index in [1.807, 2.05) is 12.3 Å². The highest BCUT2D eigenvalue weighted by Crippen LogP contribution is 2.44. The molecular weight excluding hydrogens is 234 g/mol. The Kier molecular flexibility index (Phi) is 3.22. The Morgan fingerprint density at radius 1 is 1.37 bits per heavy atom. The monoisotopic (exact) mass is 253 g/mol. The van der Waals surface area contributed by atoms with Gasteiger partial charge in [-0.1, -0.05) is 31.2 Å². The molecule has 2 aromatic rings. The first-order valence-electron chi connectivity index (χ1n) is 6.81. The molecule has 0 radical (unpaired) electrons. The van der Waals surface area contributed by atoms with E-state index in [4.69, 9.17) is 5.73 Å². The second-order valence-electron chi connectivity index (χ2n) is 5.05. The minimum Gasteiger partial charge on any atom is -0.398 e. The van der Waals surface area contributed by atoms with Gasteiger partial charge in [0.2, 0.25) is 0 Å². The molecule has 2 atom stereocenters. The van der Waals surface area contributed by atoms with Gasteiger partial charge >= 0.3 is 0 Å². The molecule has 2 unspecified atom stereocenters. The number of fused-ring (bicyclic) bond motifs is 1. The van der Waals surface area contributed by atoms with Crippen molar-refractivity contribution < 1.29 is 0 Å². The summed E-state index contributed by atoms with van der Waals surface area (Å²) in [7, 11) is 0. The number of nitrogens with zero attached hydrogens (tertiary/aromatic N) is 1. The van der Waals surface area contributed by atoms with E-state index in [9.17, 15) is 0 Å². The van der Waals surface area contributed by atoms with Crippen molar-refractivity contribution in [3.05, 3.63) is 59.4 Å². The Hall–Kier alpha value is -1.87. The summed E-state index contributed by atoms with van der Waals surface area (Å²) in [5, 5.41) is 3.56. The number of rotatable bonds is 4. The summed E-state index contributed by atoms with van der Waals surface area (Å²) in [6.07, 6.45) is 4.75. The van der Waals surface area contributed by atoms with Gasteiger partial charge in [-0.25, -0.2) is 0 Å². The summed E-state index contributed by atoms with van der Waals surface area (Å²) in [6, 6.07) is 10.8. The van der Waals surface area contributed by atoms with Crippen LogP contribution in [0.15, 0.2) is 42.7 Å². The van der Waals surface area contributed by atoms with Gasteiger partial charge in [-0.15, -0.1) is 0 Å². The third-order valence-corrected chi connectivity index (χ3v) is 3.94. The molecule has 1 aliphatic rings. The molecule has 3 heteroatoms. The molecule has 3 nitrogen and oxygen atoms in total. The van der Waals surface area contributed by atoms with Crippen LogP contribution in [0.2, 0.25) is 0 Å². The smallest absolute Gasteiger partial charge is 0.0428 e. The van der Waals surface area contributed by atoms with E-state index < -0.39 is 0 Å². The molecule has 3 N–H and O–H groups in total. The maximum atomic E-state index is 6.11. The van der Waals surface area contributed by atoms with E-state index in [1.54, 1.807) is 6.20 Å². The normalized spacial score (nSPS) is 18.5. The summed E-state index contributed by atoms with van der Waals surface area (Å²) >= 11 is 0. The van der Waals surface area contributed by atoms with Gasteiger partial charge in [0, 0.05) is 35.6 Å². The van der Waals surface area contributed by atoms with E-state index in [0.717, 1.165) is 24.2 Å². The van der Waals surface area contributed by atoms with Crippen LogP contribution in [0.4, 0.5) is 5.69 Å². The Labute approximate surface area is 113 Å². The largest absolute Gasteiger partial charge is 0.398 e. The second kappa shape index (κ2) is 5.02. The molecule has 1 aliphatic carbocycles. The summed E-state index contributed by atoms with van der Waals surface area (Å²) in [6.45, 7) is 3.06. The van der Waals surface area contributed by atoms with E-state index in [0.29, 0.717) is 5.92 Å². The van der Waals surface area contributed by atoms with Crippen LogP contribution in [0.25, 0.3) is 0 Å². The molecule has 1 aromatic carbocycles. The molecule has 1 aromatic heterocycles. The molecule has 0 bridgehead atoms. The van der Waals surface area contributed by atoms with Crippen molar-refractivity contribution in [3.8, 4) is 0 Å². The summed E-state index contributed by atoms with van der Waals surface area (Å²) in [5.74, 6) is 0.502. The van der Waals surface area contributed by atoms with Crippen molar-refractivity contribution >= 4 is 5.69 Å². The number of pyridine rings is 1. The fourth-order valence-electron chi connectivity index (χ4n) is 2.96. The Bertz CT molecular complexity index is 580. The fraction of sp³-hybridized carbons (Fsp3) is 0.312. The number of nitrogen functional groups attached to an aromatic ring is 1. The first-order valence-corrected chi connectivity index (χ1v) is 6.81. The van der Waals surface area contributed by atoms with Gasteiger partial charge in [0.1, 0.15) is 0 Å². The van der Waals surface area contributed by atoms with Crippen molar-refractivity contribution in [1.29, 1.82) is 0 Å². The predicted octanol–water partition coefficient (Wildman–Crippen LogP) is 2.65. The van der Waals surface area contributed by atoms with Crippen LogP contribution in [0.5, 0.6) is 0 Å². The number of likely N-dealkylation sites (N-methyl/N-ethyl adjacent to an activating group) is 1. The average molecular weight is 253 g/mol. The average Bonchev–Trinajstić information content (AvgIpc) is 2.40. The number of nitrogens with two attached hydrogens (primary N) is 1. The molecule has 19 heavy (non-hydrogen) atoms. The lowest BCUT2D eigenvalue weighted by Gasteiger charge is -2.37. The highest BCUT2D eigenvalue weighted by Gasteiger charge is 2.34. The van der Waals surface area contributed by atoms with Gasteiger partial charge in [-0.05, 0) is 30.2 Å². The lowest BCUT2D eigenvalue weighted by Crippen LogP contribution is -2.33. The molecule has 0 amide bonds. The zero-order valence-corrected chi connectivity index (χ0v) is 11.1. The van der Waals surface area contributed by atoms with E-state index in [2.05, 4.69) is 41.5 Å². The van der Waals surface area contributed by atoms with Crippen LogP contribution in [0, 0.1) is 0 Å². The van der Waals surface area contributed by atoms with Gasteiger partial charge < -0.3 is 11.1 Å². The third-order valence-electron chi connectivity index (χ3n) is 3.94. The Balaban J connectivity index is 1.94. The zero-order chi connectivity index (χ0) is 13.2. The van der Waals surface area contributed by atoms with E-state index in [-0.39, 0.29) is 6.04 Å².